The monoisotopic (exact) mass is 309 g/mol. The van der Waals surface area contributed by atoms with Gasteiger partial charge < -0.3 is 4.57 Å². The van der Waals surface area contributed by atoms with E-state index in [0.717, 1.165) is 15.9 Å². The fourth-order valence-corrected chi connectivity index (χ4v) is 2.03. The molecule has 0 aliphatic carbocycles. The molecule has 0 fully saturated rings. The first-order valence-corrected chi connectivity index (χ1v) is 6.14. The quantitative estimate of drug-likeness (QED) is 0.851. The lowest BCUT2D eigenvalue weighted by molar-refractivity contribution is 0.924. The van der Waals surface area contributed by atoms with Crippen molar-refractivity contribution in [3.63, 3.8) is 0 Å². The highest BCUT2D eigenvalue weighted by molar-refractivity contribution is 9.10. The van der Waals surface area contributed by atoms with Gasteiger partial charge in [-0.3, -0.25) is 0 Å². The van der Waals surface area contributed by atoms with Gasteiger partial charge in [0.15, 0.2) is 0 Å². The molecule has 0 amide bonds. The molecule has 0 aliphatic heterocycles. The van der Waals surface area contributed by atoms with E-state index in [4.69, 9.17) is 16.9 Å². The molecular formula is C12H9BrClN3. The van der Waals surface area contributed by atoms with Crippen LogP contribution in [0.4, 0.5) is 0 Å². The van der Waals surface area contributed by atoms with Crippen LogP contribution in [0.1, 0.15) is 5.69 Å². The van der Waals surface area contributed by atoms with Gasteiger partial charge in [0.2, 0.25) is 0 Å². The Morgan fingerprint density at radius 2 is 2.06 bits per heavy atom. The number of rotatable bonds is 2. The predicted octanol–water partition coefficient (Wildman–Crippen LogP) is 3.57. The van der Waals surface area contributed by atoms with E-state index in [-0.39, 0.29) is 6.42 Å². The maximum absolute atomic E-state index is 8.69. The second-order valence-corrected chi connectivity index (χ2v) is 4.85. The largest absolute Gasteiger partial charge is 0.318 e. The molecule has 1 aromatic carbocycles. The third-order valence-corrected chi connectivity index (χ3v) is 3.44. The minimum Gasteiger partial charge on any atom is -0.318 e. The Morgan fingerprint density at radius 1 is 1.41 bits per heavy atom. The second-order valence-electron chi connectivity index (χ2n) is 3.57. The fraction of sp³-hybridized carbons (Fsp3) is 0.167. The van der Waals surface area contributed by atoms with Gasteiger partial charge in [-0.05, 0) is 12.1 Å². The third-order valence-electron chi connectivity index (χ3n) is 2.44. The molecule has 0 saturated heterocycles. The van der Waals surface area contributed by atoms with Gasteiger partial charge in [0.1, 0.15) is 11.0 Å². The number of nitriles is 1. The normalized spacial score (nSPS) is 10.2. The summed E-state index contributed by atoms with van der Waals surface area (Å²) >= 11 is 9.50. The zero-order chi connectivity index (χ0) is 12.4. The summed E-state index contributed by atoms with van der Waals surface area (Å²) in [7, 11) is 1.84. The van der Waals surface area contributed by atoms with Gasteiger partial charge in [0.25, 0.3) is 0 Å². The molecule has 3 nitrogen and oxygen atoms in total. The van der Waals surface area contributed by atoms with Gasteiger partial charge in [-0.25, -0.2) is 4.98 Å². The van der Waals surface area contributed by atoms with Crippen LogP contribution in [0.15, 0.2) is 28.7 Å². The second kappa shape index (κ2) is 4.91. The number of nitrogens with zero attached hydrogens (tertiary/aromatic N) is 3. The molecule has 0 unspecified atom stereocenters. The maximum atomic E-state index is 8.69. The molecular weight excluding hydrogens is 302 g/mol. The van der Waals surface area contributed by atoms with Crippen LogP contribution < -0.4 is 0 Å². The molecule has 1 heterocycles. The van der Waals surface area contributed by atoms with Crippen molar-refractivity contribution >= 4 is 27.5 Å². The maximum Gasteiger partial charge on any atom is 0.141 e. The zero-order valence-electron chi connectivity index (χ0n) is 9.11. The smallest absolute Gasteiger partial charge is 0.141 e. The molecule has 17 heavy (non-hydrogen) atoms. The molecule has 0 radical (unpaired) electrons. The summed E-state index contributed by atoms with van der Waals surface area (Å²) in [6, 6.07) is 9.87. The van der Waals surface area contributed by atoms with Crippen molar-refractivity contribution in [1.82, 2.24) is 9.55 Å². The van der Waals surface area contributed by atoms with Gasteiger partial charge in [-0.1, -0.05) is 39.7 Å². The van der Waals surface area contributed by atoms with Crippen molar-refractivity contribution in [2.45, 2.75) is 6.42 Å². The lowest BCUT2D eigenvalue weighted by atomic mass is 10.2. The van der Waals surface area contributed by atoms with E-state index in [1.165, 1.54) is 0 Å². The Balaban J connectivity index is 2.49. The number of halogens is 2. The molecule has 0 bridgehead atoms. The standard InChI is InChI=1S/C12H9BrClN3/c1-17-11(14)10(6-7-15)16-12(17)8-2-4-9(13)5-3-8/h2-5H,6H2,1H3. The number of imidazole rings is 1. The van der Waals surface area contributed by atoms with E-state index in [1.807, 2.05) is 31.3 Å². The number of hydrogen-bond donors (Lipinski definition) is 0. The van der Waals surface area contributed by atoms with Gasteiger partial charge in [-0.2, -0.15) is 5.26 Å². The summed E-state index contributed by atoms with van der Waals surface area (Å²) in [5, 5.41) is 9.21. The van der Waals surface area contributed by atoms with E-state index >= 15 is 0 Å². The fourth-order valence-electron chi connectivity index (χ4n) is 1.58. The van der Waals surface area contributed by atoms with Crippen LogP contribution in [0.25, 0.3) is 11.4 Å². The lowest BCUT2D eigenvalue weighted by Gasteiger charge is -2.02. The first-order valence-electron chi connectivity index (χ1n) is 4.97. The summed E-state index contributed by atoms with van der Waals surface area (Å²) in [5.74, 6) is 0.771. The van der Waals surface area contributed by atoms with Gasteiger partial charge in [0.05, 0.1) is 18.2 Å². The van der Waals surface area contributed by atoms with Crippen molar-refractivity contribution in [1.29, 1.82) is 5.26 Å². The van der Waals surface area contributed by atoms with Crippen molar-refractivity contribution in [3.05, 3.63) is 39.6 Å². The number of hydrogen-bond acceptors (Lipinski definition) is 2. The van der Waals surface area contributed by atoms with Crippen LogP contribution in [-0.2, 0) is 13.5 Å². The summed E-state index contributed by atoms with van der Waals surface area (Å²) in [6.45, 7) is 0. The average molecular weight is 311 g/mol. The van der Waals surface area contributed by atoms with Crippen LogP contribution in [0.2, 0.25) is 5.15 Å². The van der Waals surface area contributed by atoms with Crippen LogP contribution >= 0.6 is 27.5 Å². The Morgan fingerprint density at radius 3 is 2.65 bits per heavy atom. The highest BCUT2D eigenvalue weighted by atomic mass is 79.9. The van der Waals surface area contributed by atoms with Crippen LogP contribution in [0, 0.1) is 11.3 Å². The van der Waals surface area contributed by atoms with Gasteiger partial charge in [0, 0.05) is 17.1 Å². The predicted molar refractivity (Wildman–Crippen MR) is 70.7 cm³/mol. The van der Waals surface area contributed by atoms with Crippen molar-refractivity contribution in [2.24, 2.45) is 7.05 Å². The SMILES string of the molecule is Cn1c(-c2ccc(Br)cc2)nc(CC#N)c1Cl. The van der Waals surface area contributed by atoms with E-state index in [0.29, 0.717) is 10.8 Å². The number of aromatic nitrogens is 2. The molecule has 0 atom stereocenters. The molecule has 1 aromatic heterocycles. The van der Waals surface area contributed by atoms with Gasteiger partial charge >= 0.3 is 0 Å². The molecule has 0 N–H and O–H groups in total. The first-order chi connectivity index (χ1) is 8.13. The van der Waals surface area contributed by atoms with Crippen LogP contribution in [-0.4, -0.2) is 9.55 Å². The summed E-state index contributed by atoms with van der Waals surface area (Å²) in [6.07, 6.45) is 0.225. The average Bonchev–Trinajstić information content (AvgIpc) is 2.59. The number of benzene rings is 1. The van der Waals surface area contributed by atoms with Crippen LogP contribution in [0.5, 0.6) is 0 Å². The Bertz CT molecular complexity index is 581. The van der Waals surface area contributed by atoms with Crippen molar-refractivity contribution in [3.8, 4) is 17.5 Å². The first kappa shape index (κ1) is 12.2. The lowest BCUT2D eigenvalue weighted by Crippen LogP contribution is -1.92. The molecule has 2 aromatic rings. The zero-order valence-corrected chi connectivity index (χ0v) is 11.5. The molecule has 2 rings (SSSR count). The van der Waals surface area contributed by atoms with E-state index < -0.39 is 0 Å². The summed E-state index contributed by atoms with van der Waals surface area (Å²) in [5.41, 5.74) is 1.59. The highest BCUT2D eigenvalue weighted by Gasteiger charge is 2.13. The Kier molecular flexibility index (Phi) is 3.51. The van der Waals surface area contributed by atoms with Crippen molar-refractivity contribution < 1.29 is 0 Å². The molecule has 0 saturated carbocycles. The topological polar surface area (TPSA) is 41.6 Å². The molecule has 5 heteroatoms. The van der Waals surface area contributed by atoms with E-state index in [9.17, 15) is 0 Å². The Labute approximate surface area is 113 Å². The molecule has 0 aliphatic rings. The Hall–Kier alpha value is -1.31. The third kappa shape index (κ3) is 2.36. The van der Waals surface area contributed by atoms with Crippen molar-refractivity contribution in [2.75, 3.05) is 0 Å². The van der Waals surface area contributed by atoms with E-state index in [1.54, 1.807) is 4.57 Å². The van der Waals surface area contributed by atoms with Gasteiger partial charge in [-0.15, -0.1) is 0 Å². The molecule has 0 spiro atoms. The van der Waals surface area contributed by atoms with Crippen LogP contribution in [0.3, 0.4) is 0 Å². The minimum absolute atomic E-state index is 0.225. The summed E-state index contributed by atoms with van der Waals surface area (Å²) < 4.78 is 2.80. The molecule has 86 valence electrons. The summed E-state index contributed by atoms with van der Waals surface area (Å²) in [4.78, 5) is 4.39. The minimum atomic E-state index is 0.225. The highest BCUT2D eigenvalue weighted by Crippen LogP contribution is 2.26. The van der Waals surface area contributed by atoms with E-state index in [2.05, 4.69) is 27.0 Å².